The molecule has 4 aromatic rings. The van der Waals surface area contributed by atoms with Crippen LogP contribution in [0, 0.1) is 0 Å². The van der Waals surface area contributed by atoms with Crippen LogP contribution in [0.25, 0.3) is 11.4 Å². The Morgan fingerprint density at radius 2 is 1.50 bits per heavy atom. The maximum Gasteiger partial charge on any atom is 0.191 e. The van der Waals surface area contributed by atoms with E-state index in [1.165, 1.54) is 11.8 Å². The van der Waals surface area contributed by atoms with Crippen molar-refractivity contribution in [3.8, 4) is 11.4 Å². The van der Waals surface area contributed by atoms with Crippen LogP contribution in [-0.2, 0) is 16.4 Å². The van der Waals surface area contributed by atoms with E-state index in [1.54, 1.807) is 42.7 Å². The van der Waals surface area contributed by atoms with E-state index in [0.29, 0.717) is 22.3 Å². The van der Waals surface area contributed by atoms with Gasteiger partial charge in [-0.1, -0.05) is 60.3 Å². The first-order chi connectivity index (χ1) is 14.6. The Hall–Kier alpha value is -2.97. The highest BCUT2D eigenvalue weighted by Gasteiger charge is 2.18. The second kappa shape index (κ2) is 9.23. The minimum absolute atomic E-state index is 0.0322. The number of benzene rings is 2. The normalized spacial score (nSPS) is 11.5. The van der Waals surface area contributed by atoms with Crippen molar-refractivity contribution in [2.24, 2.45) is 0 Å². The molecule has 8 heteroatoms. The summed E-state index contributed by atoms with van der Waals surface area (Å²) >= 11 is 1.40. The van der Waals surface area contributed by atoms with Gasteiger partial charge >= 0.3 is 0 Å². The second-order valence-corrected chi connectivity index (χ2v) is 9.77. The molecule has 0 aliphatic carbocycles. The number of hydrogen-bond acceptors (Lipinski definition) is 6. The van der Waals surface area contributed by atoms with E-state index < -0.39 is 9.84 Å². The molecule has 0 fully saturated rings. The first-order valence-corrected chi connectivity index (χ1v) is 12.1. The van der Waals surface area contributed by atoms with Gasteiger partial charge in [-0.2, -0.15) is 0 Å². The molecular formula is C22H20N4O2S2. The molecule has 0 amide bonds. The largest absolute Gasteiger partial charge is 0.298 e. The van der Waals surface area contributed by atoms with E-state index in [2.05, 4.69) is 15.2 Å². The summed E-state index contributed by atoms with van der Waals surface area (Å²) in [5.41, 5.74) is 2.03. The van der Waals surface area contributed by atoms with Crippen molar-refractivity contribution in [3.63, 3.8) is 0 Å². The number of aromatic nitrogens is 4. The molecule has 0 saturated heterocycles. The molecule has 6 nitrogen and oxygen atoms in total. The lowest BCUT2D eigenvalue weighted by molar-refractivity contribution is 0.597. The van der Waals surface area contributed by atoms with Crippen LogP contribution >= 0.6 is 11.8 Å². The first kappa shape index (κ1) is 20.3. The Kier molecular flexibility index (Phi) is 6.25. The predicted octanol–water partition coefficient (Wildman–Crippen LogP) is 3.95. The maximum absolute atomic E-state index is 12.6. The van der Waals surface area contributed by atoms with Crippen molar-refractivity contribution in [1.82, 2.24) is 19.7 Å². The van der Waals surface area contributed by atoms with Crippen molar-refractivity contribution in [2.45, 2.75) is 16.6 Å². The summed E-state index contributed by atoms with van der Waals surface area (Å²) in [6.45, 7) is 0.596. The van der Waals surface area contributed by atoms with Crippen molar-refractivity contribution in [2.75, 3.05) is 11.5 Å². The molecule has 0 atom stereocenters. The summed E-state index contributed by atoms with van der Waals surface area (Å²) in [5, 5.41) is 9.40. The third-order valence-electron chi connectivity index (χ3n) is 4.52. The summed E-state index contributed by atoms with van der Waals surface area (Å²) in [6, 6.07) is 22.4. The van der Waals surface area contributed by atoms with Gasteiger partial charge in [-0.05, 0) is 29.8 Å². The fraction of sp³-hybridized carbons (Fsp3) is 0.136. The molecule has 0 spiro atoms. The molecule has 0 aliphatic heterocycles. The molecule has 0 saturated carbocycles. The van der Waals surface area contributed by atoms with Crippen LogP contribution in [0.1, 0.15) is 5.56 Å². The molecule has 2 heterocycles. The molecule has 4 rings (SSSR count). The summed E-state index contributed by atoms with van der Waals surface area (Å²) < 4.78 is 27.1. The van der Waals surface area contributed by atoms with Gasteiger partial charge < -0.3 is 0 Å². The summed E-state index contributed by atoms with van der Waals surface area (Å²) in [7, 11) is -3.33. The fourth-order valence-electron chi connectivity index (χ4n) is 3.01. The third kappa shape index (κ3) is 4.77. The lowest BCUT2D eigenvalue weighted by Crippen LogP contribution is -2.10. The van der Waals surface area contributed by atoms with Crippen molar-refractivity contribution in [1.29, 1.82) is 0 Å². The lowest BCUT2D eigenvalue weighted by atomic mass is 10.2. The van der Waals surface area contributed by atoms with Crippen LogP contribution in [0.2, 0.25) is 0 Å². The van der Waals surface area contributed by atoms with E-state index >= 15 is 0 Å². The number of rotatable bonds is 8. The molecule has 0 aliphatic rings. The highest BCUT2D eigenvalue weighted by Crippen LogP contribution is 2.25. The Labute approximate surface area is 179 Å². The Morgan fingerprint density at radius 1 is 0.833 bits per heavy atom. The molecule has 0 unspecified atom stereocenters. The zero-order valence-electron chi connectivity index (χ0n) is 16.1. The SMILES string of the molecule is O=S(=O)(CCSc1nnc(-c2ccncc2)n1Cc1ccccc1)c1ccccc1. The van der Waals surface area contributed by atoms with Crippen molar-refractivity contribution in [3.05, 3.63) is 90.8 Å². The van der Waals surface area contributed by atoms with E-state index in [0.717, 1.165) is 17.0 Å². The standard InChI is InChI=1S/C22H20N4O2S2/c27-30(28,20-9-5-2-6-10-20)16-15-29-22-25-24-21(19-11-13-23-14-12-19)26(22)17-18-7-3-1-4-8-18/h1-14H,15-17H2. The van der Waals surface area contributed by atoms with Gasteiger partial charge in [0.1, 0.15) is 0 Å². The zero-order chi connectivity index (χ0) is 20.8. The molecule has 2 aromatic heterocycles. The quantitative estimate of drug-likeness (QED) is 0.389. The van der Waals surface area contributed by atoms with Gasteiger partial charge in [0.25, 0.3) is 0 Å². The third-order valence-corrected chi connectivity index (χ3v) is 7.48. The summed E-state index contributed by atoms with van der Waals surface area (Å²) in [6.07, 6.45) is 3.44. The van der Waals surface area contributed by atoms with Gasteiger partial charge in [-0.25, -0.2) is 8.42 Å². The van der Waals surface area contributed by atoms with Gasteiger partial charge in [0, 0.05) is 23.7 Å². The minimum Gasteiger partial charge on any atom is -0.298 e. The average Bonchev–Trinajstić information content (AvgIpc) is 3.18. The Morgan fingerprint density at radius 3 is 2.20 bits per heavy atom. The van der Waals surface area contributed by atoms with E-state index in [9.17, 15) is 8.42 Å². The molecule has 0 radical (unpaired) electrons. The average molecular weight is 437 g/mol. The fourth-order valence-corrected chi connectivity index (χ4v) is 5.61. The Bertz CT molecular complexity index is 1200. The zero-order valence-corrected chi connectivity index (χ0v) is 17.8. The smallest absolute Gasteiger partial charge is 0.191 e. The van der Waals surface area contributed by atoms with E-state index in [1.807, 2.05) is 47.0 Å². The van der Waals surface area contributed by atoms with Crippen LogP contribution in [0.4, 0.5) is 0 Å². The van der Waals surface area contributed by atoms with Gasteiger partial charge in [-0.15, -0.1) is 10.2 Å². The second-order valence-electron chi connectivity index (χ2n) is 6.59. The molecule has 2 aromatic carbocycles. The van der Waals surface area contributed by atoms with Crippen molar-refractivity contribution >= 4 is 21.6 Å². The van der Waals surface area contributed by atoms with E-state index in [-0.39, 0.29) is 5.75 Å². The Balaban J connectivity index is 1.56. The highest BCUT2D eigenvalue weighted by molar-refractivity contribution is 8.00. The van der Waals surface area contributed by atoms with Crippen molar-refractivity contribution < 1.29 is 8.42 Å². The number of hydrogen-bond donors (Lipinski definition) is 0. The van der Waals surface area contributed by atoms with Crippen LogP contribution in [0.3, 0.4) is 0 Å². The predicted molar refractivity (Wildman–Crippen MR) is 118 cm³/mol. The number of thioether (sulfide) groups is 1. The molecular weight excluding hydrogens is 416 g/mol. The highest BCUT2D eigenvalue weighted by atomic mass is 32.2. The molecule has 0 bridgehead atoms. The van der Waals surface area contributed by atoms with Gasteiger partial charge in [0.05, 0.1) is 17.2 Å². The topological polar surface area (TPSA) is 77.7 Å². The first-order valence-electron chi connectivity index (χ1n) is 9.41. The van der Waals surface area contributed by atoms with E-state index in [4.69, 9.17) is 0 Å². The van der Waals surface area contributed by atoms with Crippen LogP contribution in [0.5, 0.6) is 0 Å². The molecule has 30 heavy (non-hydrogen) atoms. The number of pyridine rings is 1. The minimum atomic E-state index is -3.33. The van der Waals surface area contributed by atoms with Crippen LogP contribution in [-0.4, -0.2) is 39.7 Å². The summed E-state index contributed by atoms with van der Waals surface area (Å²) in [5.74, 6) is 1.15. The van der Waals surface area contributed by atoms with Crippen LogP contribution in [0.15, 0.2) is 95.2 Å². The van der Waals surface area contributed by atoms with Gasteiger partial charge in [0.15, 0.2) is 20.8 Å². The molecule has 152 valence electrons. The molecule has 0 N–H and O–H groups in total. The van der Waals surface area contributed by atoms with Crippen LogP contribution < -0.4 is 0 Å². The van der Waals surface area contributed by atoms with Gasteiger partial charge in [-0.3, -0.25) is 9.55 Å². The lowest BCUT2D eigenvalue weighted by Gasteiger charge is -2.10. The maximum atomic E-state index is 12.6. The van der Waals surface area contributed by atoms with Gasteiger partial charge in [0.2, 0.25) is 0 Å². The monoisotopic (exact) mass is 436 g/mol. The number of nitrogens with zero attached hydrogens (tertiary/aromatic N) is 4. The number of sulfone groups is 1. The summed E-state index contributed by atoms with van der Waals surface area (Å²) in [4.78, 5) is 4.41.